The Balaban J connectivity index is 1.53. The number of fused-ring (bicyclic) bond motifs is 3. The Kier molecular flexibility index (Phi) is 4.52. The van der Waals surface area contributed by atoms with Crippen LogP contribution < -0.4 is 5.32 Å². The lowest BCUT2D eigenvalue weighted by atomic mass is 9.90. The smallest absolute Gasteiger partial charge is 0.257 e. The molecule has 0 aliphatic heterocycles. The molecule has 5 nitrogen and oxygen atoms in total. The van der Waals surface area contributed by atoms with Crippen LogP contribution in [0.5, 0.6) is 5.75 Å². The zero-order valence-electron chi connectivity index (χ0n) is 16.0. The van der Waals surface area contributed by atoms with Gasteiger partial charge in [0, 0.05) is 11.3 Å². The predicted octanol–water partition coefficient (Wildman–Crippen LogP) is 5.25. The normalized spacial score (nSPS) is 12.2. The van der Waals surface area contributed by atoms with Gasteiger partial charge in [-0.3, -0.25) is 4.79 Å². The van der Waals surface area contributed by atoms with Gasteiger partial charge in [0.2, 0.25) is 0 Å². The number of hydrogen-bond acceptors (Lipinski definition) is 3. The van der Waals surface area contributed by atoms with Crippen LogP contribution in [0.4, 0.5) is 5.69 Å². The second-order valence-corrected chi connectivity index (χ2v) is 7.66. The lowest BCUT2D eigenvalue weighted by Crippen LogP contribution is -2.13. The molecule has 30 heavy (non-hydrogen) atoms. The Morgan fingerprint density at radius 2 is 1.77 bits per heavy atom. The Bertz CT molecular complexity index is 1260. The fourth-order valence-electron chi connectivity index (χ4n) is 3.85. The monoisotopic (exact) mass is 415 g/mol. The number of rotatable bonds is 3. The lowest BCUT2D eigenvalue weighted by molar-refractivity contribution is 0.102. The van der Waals surface area contributed by atoms with E-state index >= 15 is 0 Å². The second-order valence-electron chi connectivity index (χ2n) is 7.25. The molecule has 0 saturated carbocycles. The number of carbonyl (C=O) groups is 1. The number of amides is 1. The summed E-state index contributed by atoms with van der Waals surface area (Å²) in [6.45, 7) is 0. The molecule has 0 spiro atoms. The van der Waals surface area contributed by atoms with Crippen LogP contribution in [-0.2, 0) is 12.8 Å². The number of nitrogens with one attached hydrogen (secondary N) is 1. The van der Waals surface area contributed by atoms with E-state index in [0.29, 0.717) is 16.3 Å². The first-order valence-corrected chi connectivity index (χ1v) is 10.0. The molecule has 1 aliphatic carbocycles. The summed E-state index contributed by atoms with van der Waals surface area (Å²) in [6, 6.07) is 19.9. The standard InChI is InChI=1S/C24H18ClN3O2/c25-22-4-2-1-3-20(22)24(30)27-17-8-7-15-5-6-16-14-26-28(23(16)21(15)13-17)18-9-11-19(29)12-10-18/h1-4,7-14,29H,5-6H2,(H,27,30). The van der Waals surface area contributed by atoms with Crippen LogP contribution in [0.3, 0.4) is 0 Å². The number of aromatic nitrogens is 2. The number of anilines is 1. The van der Waals surface area contributed by atoms with E-state index in [1.54, 1.807) is 36.4 Å². The van der Waals surface area contributed by atoms with Crippen LogP contribution in [0.1, 0.15) is 21.5 Å². The summed E-state index contributed by atoms with van der Waals surface area (Å²) in [5.41, 5.74) is 6.42. The topological polar surface area (TPSA) is 67.2 Å². The molecule has 5 rings (SSSR count). The molecule has 0 bridgehead atoms. The Hall–Kier alpha value is -3.57. The van der Waals surface area contributed by atoms with Crippen molar-refractivity contribution in [2.75, 3.05) is 5.32 Å². The first-order valence-electron chi connectivity index (χ1n) is 9.65. The van der Waals surface area contributed by atoms with Gasteiger partial charge in [-0.05, 0) is 72.5 Å². The molecular weight excluding hydrogens is 398 g/mol. The van der Waals surface area contributed by atoms with E-state index in [1.807, 2.05) is 35.1 Å². The average Bonchev–Trinajstić information content (AvgIpc) is 3.19. The summed E-state index contributed by atoms with van der Waals surface area (Å²) in [5.74, 6) is -0.0339. The van der Waals surface area contributed by atoms with Gasteiger partial charge in [0.15, 0.2) is 0 Å². The van der Waals surface area contributed by atoms with Gasteiger partial charge in [-0.25, -0.2) is 4.68 Å². The number of hydrogen-bond donors (Lipinski definition) is 2. The Morgan fingerprint density at radius 1 is 1.00 bits per heavy atom. The SMILES string of the molecule is O=C(Nc1ccc2c(c1)-c1c(cnn1-c1ccc(O)cc1)CC2)c1ccccc1Cl. The van der Waals surface area contributed by atoms with E-state index in [0.717, 1.165) is 35.3 Å². The van der Waals surface area contributed by atoms with Crippen molar-refractivity contribution in [2.24, 2.45) is 0 Å². The Labute approximate surface area is 178 Å². The molecule has 1 heterocycles. The summed E-state index contributed by atoms with van der Waals surface area (Å²) in [5, 5.41) is 17.6. The molecule has 0 fully saturated rings. The highest BCUT2D eigenvalue weighted by Gasteiger charge is 2.22. The van der Waals surface area contributed by atoms with Crippen LogP contribution >= 0.6 is 11.6 Å². The summed E-state index contributed by atoms with van der Waals surface area (Å²) in [4.78, 5) is 12.7. The van der Waals surface area contributed by atoms with E-state index in [2.05, 4.69) is 16.5 Å². The Morgan fingerprint density at radius 3 is 2.57 bits per heavy atom. The second kappa shape index (κ2) is 7.35. The van der Waals surface area contributed by atoms with Crippen molar-refractivity contribution in [3.63, 3.8) is 0 Å². The van der Waals surface area contributed by atoms with E-state index in [-0.39, 0.29) is 11.7 Å². The van der Waals surface area contributed by atoms with Crippen molar-refractivity contribution in [1.82, 2.24) is 9.78 Å². The number of aryl methyl sites for hydroxylation is 2. The van der Waals surface area contributed by atoms with E-state index in [9.17, 15) is 9.90 Å². The minimum absolute atomic E-state index is 0.213. The van der Waals surface area contributed by atoms with Crippen molar-refractivity contribution in [2.45, 2.75) is 12.8 Å². The fraction of sp³-hybridized carbons (Fsp3) is 0.0833. The highest BCUT2D eigenvalue weighted by molar-refractivity contribution is 6.34. The van der Waals surface area contributed by atoms with Crippen molar-refractivity contribution in [3.05, 3.63) is 94.6 Å². The number of benzene rings is 3. The van der Waals surface area contributed by atoms with Crippen molar-refractivity contribution in [1.29, 1.82) is 0 Å². The largest absolute Gasteiger partial charge is 0.508 e. The quantitative estimate of drug-likeness (QED) is 0.480. The van der Waals surface area contributed by atoms with Gasteiger partial charge in [0.05, 0.1) is 28.2 Å². The molecule has 0 saturated heterocycles. The zero-order chi connectivity index (χ0) is 20.7. The van der Waals surface area contributed by atoms with Gasteiger partial charge >= 0.3 is 0 Å². The van der Waals surface area contributed by atoms with Crippen LogP contribution in [0.25, 0.3) is 16.9 Å². The molecular formula is C24H18ClN3O2. The first-order chi connectivity index (χ1) is 14.6. The van der Waals surface area contributed by atoms with Gasteiger partial charge in [0.25, 0.3) is 5.91 Å². The molecule has 4 aromatic rings. The maximum Gasteiger partial charge on any atom is 0.257 e. The fourth-order valence-corrected chi connectivity index (χ4v) is 4.07. The number of nitrogens with zero attached hydrogens (tertiary/aromatic N) is 2. The molecule has 1 aliphatic rings. The van der Waals surface area contributed by atoms with E-state index in [4.69, 9.17) is 11.6 Å². The molecule has 6 heteroatoms. The third-order valence-electron chi connectivity index (χ3n) is 5.34. The van der Waals surface area contributed by atoms with Crippen LogP contribution in [0.15, 0.2) is 72.9 Å². The molecule has 0 radical (unpaired) electrons. The highest BCUT2D eigenvalue weighted by atomic mass is 35.5. The maximum atomic E-state index is 12.7. The molecule has 2 N–H and O–H groups in total. The molecule has 0 atom stereocenters. The van der Waals surface area contributed by atoms with Gasteiger partial charge in [0.1, 0.15) is 5.75 Å². The van der Waals surface area contributed by atoms with E-state index in [1.165, 1.54) is 5.56 Å². The average molecular weight is 416 g/mol. The number of phenols is 1. The zero-order valence-corrected chi connectivity index (χ0v) is 16.7. The van der Waals surface area contributed by atoms with Gasteiger partial charge in [-0.2, -0.15) is 5.10 Å². The number of aromatic hydroxyl groups is 1. The summed E-state index contributed by atoms with van der Waals surface area (Å²) < 4.78 is 1.88. The first kappa shape index (κ1) is 18.5. The predicted molar refractivity (Wildman–Crippen MR) is 117 cm³/mol. The van der Waals surface area contributed by atoms with Crippen molar-refractivity contribution >= 4 is 23.2 Å². The van der Waals surface area contributed by atoms with Crippen molar-refractivity contribution in [3.8, 4) is 22.7 Å². The van der Waals surface area contributed by atoms with E-state index < -0.39 is 0 Å². The molecule has 3 aromatic carbocycles. The van der Waals surface area contributed by atoms with Gasteiger partial charge in [-0.1, -0.05) is 29.8 Å². The number of halogens is 1. The highest BCUT2D eigenvalue weighted by Crippen LogP contribution is 2.37. The molecule has 0 unspecified atom stereocenters. The third-order valence-corrected chi connectivity index (χ3v) is 5.67. The molecule has 148 valence electrons. The van der Waals surface area contributed by atoms with Gasteiger partial charge < -0.3 is 10.4 Å². The minimum atomic E-state index is -0.247. The number of phenolic OH excluding ortho intramolecular Hbond substituents is 1. The number of carbonyl (C=O) groups excluding carboxylic acids is 1. The molecule has 1 amide bonds. The summed E-state index contributed by atoms with van der Waals surface area (Å²) >= 11 is 6.16. The van der Waals surface area contributed by atoms with Crippen LogP contribution in [0, 0.1) is 0 Å². The van der Waals surface area contributed by atoms with Crippen molar-refractivity contribution < 1.29 is 9.90 Å². The minimum Gasteiger partial charge on any atom is -0.508 e. The maximum absolute atomic E-state index is 12.7. The molecule has 1 aromatic heterocycles. The van der Waals surface area contributed by atoms with Crippen LogP contribution in [-0.4, -0.2) is 20.8 Å². The third kappa shape index (κ3) is 3.23. The lowest BCUT2D eigenvalue weighted by Gasteiger charge is -2.20. The van der Waals surface area contributed by atoms with Crippen LogP contribution in [0.2, 0.25) is 5.02 Å². The van der Waals surface area contributed by atoms with Gasteiger partial charge in [-0.15, -0.1) is 0 Å². The summed E-state index contributed by atoms with van der Waals surface area (Å²) in [6.07, 6.45) is 3.72. The summed E-state index contributed by atoms with van der Waals surface area (Å²) in [7, 11) is 0.